The third-order valence-corrected chi connectivity index (χ3v) is 11.6. The first-order valence-electron chi connectivity index (χ1n) is 20.1. The third-order valence-electron chi connectivity index (χ3n) is 11.6. The van der Waals surface area contributed by atoms with Crippen molar-refractivity contribution in [2.75, 3.05) is 0 Å². The Balaban J connectivity index is 1.08. The molecule has 7 aromatic carbocycles. The smallest absolute Gasteiger partial charge is 0.244 e. The maximum atomic E-state index is 6.68. The van der Waals surface area contributed by atoms with E-state index in [1.165, 1.54) is 32.9 Å². The summed E-state index contributed by atoms with van der Waals surface area (Å²) in [5, 5.41) is 4.76. The number of pyridine rings is 1. The quantitative estimate of drug-likeness (QED) is 0.125. The van der Waals surface area contributed by atoms with Crippen molar-refractivity contribution < 1.29 is 9.30 Å². The highest BCUT2D eigenvalue weighted by Gasteiger charge is 2.21. The van der Waals surface area contributed by atoms with Crippen LogP contribution in [0.25, 0.3) is 83.0 Å². The van der Waals surface area contributed by atoms with Gasteiger partial charge < -0.3 is 18.4 Å². The summed E-state index contributed by atoms with van der Waals surface area (Å²) >= 11 is 0. The molecule has 4 heterocycles. The lowest BCUT2D eigenvalue weighted by atomic mass is 9.88. The zero-order valence-electron chi connectivity index (χ0n) is 33.4. The fourth-order valence-electron chi connectivity index (χ4n) is 8.81. The number of aryl methyl sites for hydroxylation is 1. The Morgan fingerprint density at radius 1 is 0.542 bits per heavy atom. The van der Waals surface area contributed by atoms with E-state index in [2.05, 4.69) is 199 Å². The summed E-state index contributed by atoms with van der Waals surface area (Å²) in [7, 11) is 2.02. The molecule has 11 aromatic rings. The molecule has 284 valence electrons. The zero-order chi connectivity index (χ0) is 39.8. The molecule has 0 fully saturated rings. The van der Waals surface area contributed by atoms with Crippen LogP contribution in [0.15, 0.2) is 176 Å². The van der Waals surface area contributed by atoms with Crippen LogP contribution in [0.5, 0.6) is 11.5 Å². The lowest BCUT2D eigenvalue weighted by Crippen LogP contribution is -2.26. The number of ether oxygens (including phenoxy) is 1. The maximum absolute atomic E-state index is 6.68. The number of hydrogen-bond donors (Lipinski definition) is 0. The Labute approximate surface area is 342 Å². The van der Waals surface area contributed by atoms with Crippen LogP contribution < -0.4 is 9.30 Å². The van der Waals surface area contributed by atoms with Crippen LogP contribution in [0, 0.1) is 6.33 Å². The van der Waals surface area contributed by atoms with Gasteiger partial charge in [-0.3, -0.25) is 4.57 Å². The van der Waals surface area contributed by atoms with E-state index in [1.807, 2.05) is 29.9 Å². The SMILES string of the molecule is C[n+]1[c-]n(-c2cccc(Oc3ccc4c5cc(-c6cccc7c6c6ccccc6n7-c6ccccc6)ccc5n(-c5cc(C(C)(C)C)ccn5)c4c3)c2)c2ccccc21. The van der Waals surface area contributed by atoms with Crippen molar-refractivity contribution in [2.45, 2.75) is 26.2 Å². The first kappa shape index (κ1) is 34.8. The standard InChI is InChI=1S/C53H41N5O/c1-53(2,3)36-28-29-54-51(31-36)58-46-27-24-35(41-19-13-23-49-52(41)43-18-8-9-20-45(43)57(49)37-14-6-5-7-15-37)30-44(46)42-26-25-40(33-50(42)58)59-39-17-12-16-38(32-39)56-34-55(4)47-21-10-11-22-48(47)56/h5-33H,1-4H3. The predicted molar refractivity (Wildman–Crippen MR) is 240 cm³/mol. The van der Waals surface area contributed by atoms with Gasteiger partial charge in [0, 0.05) is 39.5 Å². The van der Waals surface area contributed by atoms with Gasteiger partial charge in [-0.1, -0.05) is 112 Å². The van der Waals surface area contributed by atoms with Gasteiger partial charge in [0.25, 0.3) is 0 Å². The van der Waals surface area contributed by atoms with E-state index in [1.54, 1.807) is 0 Å². The molecule has 4 aromatic heterocycles. The Morgan fingerprint density at radius 2 is 1.27 bits per heavy atom. The van der Waals surface area contributed by atoms with Crippen LogP contribution in [0.2, 0.25) is 0 Å². The van der Waals surface area contributed by atoms with Crippen molar-refractivity contribution in [2.24, 2.45) is 7.05 Å². The minimum absolute atomic E-state index is 0.0416. The highest BCUT2D eigenvalue weighted by atomic mass is 16.5. The second kappa shape index (κ2) is 13.3. The number of fused-ring (bicyclic) bond motifs is 7. The van der Waals surface area contributed by atoms with E-state index in [0.717, 1.165) is 67.1 Å². The summed E-state index contributed by atoms with van der Waals surface area (Å²) < 4.78 is 15.4. The monoisotopic (exact) mass is 763 g/mol. The molecule has 0 bridgehead atoms. The Hall–Kier alpha value is -7.44. The topological polar surface area (TPSA) is 40.8 Å². The summed E-state index contributed by atoms with van der Waals surface area (Å²) in [4.78, 5) is 4.98. The van der Waals surface area contributed by atoms with Gasteiger partial charge >= 0.3 is 0 Å². The lowest BCUT2D eigenvalue weighted by molar-refractivity contribution is -0.649. The van der Waals surface area contributed by atoms with Crippen LogP contribution in [-0.2, 0) is 12.5 Å². The molecule has 0 aliphatic carbocycles. The Bertz CT molecular complexity index is 3420. The van der Waals surface area contributed by atoms with Crippen molar-refractivity contribution in [3.8, 4) is 39.8 Å². The summed E-state index contributed by atoms with van der Waals surface area (Å²) in [5.41, 5.74) is 12.4. The zero-order valence-corrected chi connectivity index (χ0v) is 33.4. The number of imidazole rings is 1. The molecule has 0 unspecified atom stereocenters. The maximum Gasteiger partial charge on any atom is 0.244 e. The molecule has 6 nitrogen and oxygen atoms in total. The summed E-state index contributed by atoms with van der Waals surface area (Å²) in [6, 6.07) is 60.2. The van der Waals surface area contributed by atoms with Crippen LogP contribution in [0.1, 0.15) is 26.3 Å². The lowest BCUT2D eigenvalue weighted by Gasteiger charge is -2.20. The van der Waals surface area contributed by atoms with Crippen LogP contribution >= 0.6 is 0 Å². The molecule has 0 spiro atoms. The van der Waals surface area contributed by atoms with Gasteiger partial charge in [-0.15, -0.1) is 0 Å². The number of nitrogens with zero attached hydrogens (tertiary/aromatic N) is 5. The average Bonchev–Trinajstić information content (AvgIpc) is 3.90. The molecule has 11 rings (SSSR count). The van der Waals surface area contributed by atoms with Gasteiger partial charge in [0.05, 0.1) is 45.8 Å². The van der Waals surface area contributed by atoms with E-state index >= 15 is 0 Å². The minimum atomic E-state index is -0.0416. The third kappa shape index (κ3) is 5.71. The van der Waals surface area contributed by atoms with Crippen molar-refractivity contribution in [3.63, 3.8) is 0 Å². The Morgan fingerprint density at radius 3 is 2.14 bits per heavy atom. The van der Waals surface area contributed by atoms with E-state index in [-0.39, 0.29) is 5.41 Å². The normalized spacial score (nSPS) is 12.1. The van der Waals surface area contributed by atoms with Crippen molar-refractivity contribution >= 4 is 54.6 Å². The number of hydrogen-bond acceptors (Lipinski definition) is 2. The number of para-hydroxylation sites is 4. The molecule has 0 saturated heterocycles. The number of aromatic nitrogens is 5. The second-order valence-electron chi connectivity index (χ2n) is 16.4. The summed E-state index contributed by atoms with van der Waals surface area (Å²) in [6.45, 7) is 6.73. The molecule has 0 aliphatic rings. The predicted octanol–water partition coefficient (Wildman–Crippen LogP) is 12.6. The second-order valence-corrected chi connectivity index (χ2v) is 16.4. The van der Waals surface area contributed by atoms with Crippen LogP contribution in [0.4, 0.5) is 0 Å². The summed E-state index contributed by atoms with van der Waals surface area (Å²) in [5.74, 6) is 2.37. The molecule has 0 saturated carbocycles. The highest BCUT2D eigenvalue weighted by Crippen LogP contribution is 2.42. The fraction of sp³-hybridized carbons (Fsp3) is 0.0943. The molecule has 0 radical (unpaired) electrons. The largest absolute Gasteiger partial charge is 0.458 e. The van der Waals surface area contributed by atoms with E-state index in [4.69, 9.17) is 9.72 Å². The van der Waals surface area contributed by atoms with Gasteiger partial charge in [0.1, 0.15) is 17.3 Å². The summed E-state index contributed by atoms with van der Waals surface area (Å²) in [6.07, 6.45) is 5.38. The van der Waals surface area contributed by atoms with E-state index in [0.29, 0.717) is 0 Å². The molecule has 0 amide bonds. The van der Waals surface area contributed by atoms with E-state index in [9.17, 15) is 0 Å². The average molecular weight is 764 g/mol. The van der Waals surface area contributed by atoms with Gasteiger partial charge in [0.2, 0.25) is 6.33 Å². The molecule has 59 heavy (non-hydrogen) atoms. The first-order valence-corrected chi connectivity index (χ1v) is 20.1. The van der Waals surface area contributed by atoms with Crippen LogP contribution in [-0.4, -0.2) is 18.7 Å². The van der Waals surface area contributed by atoms with Crippen molar-refractivity contribution in [1.82, 2.24) is 18.7 Å². The number of rotatable bonds is 6. The van der Waals surface area contributed by atoms with Gasteiger partial charge in [-0.25, -0.2) is 4.98 Å². The Kier molecular flexibility index (Phi) is 7.85. The van der Waals surface area contributed by atoms with Crippen molar-refractivity contribution in [3.05, 3.63) is 188 Å². The molecule has 0 aliphatic heterocycles. The molecular formula is C53H41N5O. The van der Waals surface area contributed by atoms with Gasteiger partial charge in [0.15, 0.2) is 0 Å². The van der Waals surface area contributed by atoms with Crippen molar-refractivity contribution in [1.29, 1.82) is 0 Å². The molecular weight excluding hydrogens is 723 g/mol. The first-order chi connectivity index (χ1) is 28.8. The van der Waals surface area contributed by atoms with E-state index < -0.39 is 0 Å². The van der Waals surface area contributed by atoms with Gasteiger partial charge in [-0.2, -0.15) is 0 Å². The van der Waals surface area contributed by atoms with Crippen LogP contribution in [0.3, 0.4) is 0 Å². The molecule has 0 N–H and O–H groups in total. The fourth-order valence-corrected chi connectivity index (χ4v) is 8.81. The minimum Gasteiger partial charge on any atom is -0.458 e. The number of benzene rings is 7. The molecule has 6 heteroatoms. The molecule has 0 atom stereocenters. The van der Waals surface area contributed by atoms with Gasteiger partial charge in [-0.05, 0) is 94.9 Å². The highest BCUT2D eigenvalue weighted by molar-refractivity contribution is 6.17.